The van der Waals surface area contributed by atoms with Crippen LogP contribution < -0.4 is 0 Å². The van der Waals surface area contributed by atoms with Crippen LogP contribution in [0.2, 0.25) is 0 Å². The quantitative estimate of drug-likeness (QED) is 0.275. The lowest BCUT2D eigenvalue weighted by molar-refractivity contribution is 1.18. The van der Waals surface area contributed by atoms with Crippen LogP contribution in [0.1, 0.15) is 11.3 Å². The summed E-state index contributed by atoms with van der Waals surface area (Å²) in [6.07, 6.45) is 3.83. The number of para-hydroxylation sites is 4. The molecule has 0 amide bonds. The van der Waals surface area contributed by atoms with E-state index in [4.69, 9.17) is 4.98 Å². The van der Waals surface area contributed by atoms with Gasteiger partial charge in [-0.05, 0) is 47.9 Å². The van der Waals surface area contributed by atoms with Crippen LogP contribution in [0.15, 0.2) is 104 Å². The molecule has 0 radical (unpaired) electrons. The predicted molar refractivity (Wildman–Crippen MR) is 145 cm³/mol. The molecule has 7 aromatic rings. The van der Waals surface area contributed by atoms with Crippen LogP contribution in [-0.4, -0.2) is 14.0 Å². The molecule has 3 aromatic heterocycles. The van der Waals surface area contributed by atoms with Crippen molar-refractivity contribution in [3.8, 4) is 5.69 Å². The minimum atomic E-state index is 0.930. The van der Waals surface area contributed by atoms with Gasteiger partial charge in [-0.3, -0.25) is 4.40 Å². The van der Waals surface area contributed by atoms with Gasteiger partial charge >= 0.3 is 0 Å². The summed E-state index contributed by atoms with van der Waals surface area (Å²) in [5.74, 6) is 0. The maximum atomic E-state index is 5.05. The molecule has 0 N–H and O–H groups in total. The van der Waals surface area contributed by atoms with E-state index in [-0.39, 0.29) is 0 Å². The monoisotopic (exact) mass is 435 g/mol. The van der Waals surface area contributed by atoms with Gasteiger partial charge in [0.25, 0.3) is 0 Å². The Morgan fingerprint density at radius 2 is 1.26 bits per heavy atom. The molecular formula is C31H21N3. The lowest BCUT2D eigenvalue weighted by Crippen LogP contribution is -1.99. The Labute approximate surface area is 196 Å². The van der Waals surface area contributed by atoms with Crippen molar-refractivity contribution in [1.82, 2.24) is 14.0 Å². The highest BCUT2D eigenvalue weighted by Crippen LogP contribution is 2.36. The number of pyridine rings is 1. The lowest BCUT2D eigenvalue weighted by Gasteiger charge is -2.14. The maximum absolute atomic E-state index is 5.05. The van der Waals surface area contributed by atoms with Gasteiger partial charge in [-0.1, -0.05) is 73.8 Å². The topological polar surface area (TPSA) is 22.2 Å². The molecule has 160 valence electrons. The van der Waals surface area contributed by atoms with Crippen molar-refractivity contribution in [2.24, 2.45) is 0 Å². The molecule has 3 heteroatoms. The summed E-state index contributed by atoms with van der Waals surface area (Å²) in [6, 6.07) is 32.1. The first-order valence-electron chi connectivity index (χ1n) is 11.4. The largest absolute Gasteiger partial charge is 0.309 e. The zero-order valence-electron chi connectivity index (χ0n) is 18.6. The van der Waals surface area contributed by atoms with Gasteiger partial charge in [-0.2, -0.15) is 0 Å². The Bertz CT molecular complexity index is 1900. The summed E-state index contributed by atoms with van der Waals surface area (Å²) < 4.78 is 4.55. The van der Waals surface area contributed by atoms with Crippen LogP contribution in [0, 0.1) is 0 Å². The van der Waals surface area contributed by atoms with Crippen LogP contribution in [0.25, 0.3) is 67.1 Å². The fourth-order valence-corrected chi connectivity index (χ4v) is 5.42. The molecule has 0 bridgehead atoms. The molecule has 34 heavy (non-hydrogen) atoms. The molecule has 7 rings (SSSR count). The van der Waals surface area contributed by atoms with Crippen molar-refractivity contribution in [2.75, 3.05) is 0 Å². The Morgan fingerprint density at radius 1 is 0.618 bits per heavy atom. The number of hydrogen-bond donors (Lipinski definition) is 0. The molecule has 3 nitrogen and oxygen atoms in total. The molecule has 0 unspecified atom stereocenters. The molecular weight excluding hydrogens is 414 g/mol. The van der Waals surface area contributed by atoms with E-state index < -0.39 is 0 Å². The second-order valence-electron chi connectivity index (χ2n) is 8.57. The Morgan fingerprint density at radius 3 is 1.94 bits per heavy atom. The van der Waals surface area contributed by atoms with E-state index in [0.717, 1.165) is 44.4 Å². The van der Waals surface area contributed by atoms with Gasteiger partial charge in [0.05, 0.1) is 27.8 Å². The van der Waals surface area contributed by atoms with Gasteiger partial charge in [0.2, 0.25) is 0 Å². The summed E-state index contributed by atoms with van der Waals surface area (Å²) in [7, 11) is 0. The van der Waals surface area contributed by atoms with Gasteiger partial charge in [0, 0.05) is 27.4 Å². The third kappa shape index (κ3) is 2.38. The molecule has 4 aromatic carbocycles. The molecule has 0 atom stereocenters. The standard InChI is InChI=1S/C31H21N3/c1-3-21-22-18-17-20(33-28-14-8-5-11-23(28)24-12-6-9-15-29(24)33)19-25(22)31-32-26-13-7-10-16-30(26)34(31)27(21)4-2/h3-19H,1-2H2. The lowest BCUT2D eigenvalue weighted by atomic mass is 10.0. The van der Waals surface area contributed by atoms with Crippen LogP contribution in [0.5, 0.6) is 0 Å². The first-order valence-corrected chi connectivity index (χ1v) is 11.4. The first kappa shape index (κ1) is 18.9. The first-order chi connectivity index (χ1) is 16.8. The van der Waals surface area contributed by atoms with E-state index in [2.05, 4.69) is 107 Å². The summed E-state index contributed by atoms with van der Waals surface area (Å²) in [6.45, 7) is 8.24. The highest BCUT2D eigenvalue weighted by molar-refractivity contribution is 6.10. The number of rotatable bonds is 3. The van der Waals surface area contributed by atoms with Crippen molar-refractivity contribution in [1.29, 1.82) is 0 Å². The van der Waals surface area contributed by atoms with Gasteiger partial charge < -0.3 is 4.57 Å². The average Bonchev–Trinajstić information content (AvgIpc) is 3.44. The highest BCUT2D eigenvalue weighted by Gasteiger charge is 2.17. The van der Waals surface area contributed by atoms with E-state index in [1.807, 2.05) is 18.2 Å². The average molecular weight is 436 g/mol. The normalized spacial score (nSPS) is 11.8. The van der Waals surface area contributed by atoms with Gasteiger partial charge in [-0.25, -0.2) is 4.98 Å². The minimum absolute atomic E-state index is 0.930. The third-order valence-corrected chi connectivity index (χ3v) is 6.85. The molecule has 0 spiro atoms. The van der Waals surface area contributed by atoms with Crippen LogP contribution in [0.4, 0.5) is 0 Å². The second kappa shape index (κ2) is 6.93. The molecule has 0 saturated heterocycles. The zero-order valence-corrected chi connectivity index (χ0v) is 18.6. The van der Waals surface area contributed by atoms with Gasteiger partial charge in [-0.15, -0.1) is 0 Å². The van der Waals surface area contributed by atoms with E-state index in [1.54, 1.807) is 0 Å². The Kier molecular flexibility index (Phi) is 3.85. The third-order valence-electron chi connectivity index (χ3n) is 6.85. The summed E-state index contributed by atoms with van der Waals surface area (Å²) in [5, 5.41) is 4.72. The molecule has 3 heterocycles. The summed E-state index contributed by atoms with van der Waals surface area (Å²) >= 11 is 0. The highest BCUT2D eigenvalue weighted by atomic mass is 15.0. The van der Waals surface area contributed by atoms with Crippen molar-refractivity contribution in [3.63, 3.8) is 0 Å². The van der Waals surface area contributed by atoms with Gasteiger partial charge in [0.1, 0.15) is 5.65 Å². The van der Waals surface area contributed by atoms with Crippen molar-refractivity contribution < 1.29 is 0 Å². The number of nitrogens with zero attached hydrogens (tertiary/aromatic N) is 3. The van der Waals surface area contributed by atoms with Crippen molar-refractivity contribution >= 4 is 61.4 Å². The van der Waals surface area contributed by atoms with Crippen LogP contribution in [0.3, 0.4) is 0 Å². The Balaban J connectivity index is 1.67. The molecule has 0 saturated carbocycles. The number of benzene rings is 4. The molecule has 0 aliphatic carbocycles. The Hall–Kier alpha value is -4.63. The molecule has 0 aliphatic rings. The van der Waals surface area contributed by atoms with E-state index in [0.29, 0.717) is 0 Å². The number of aromatic nitrogens is 3. The number of imidazole rings is 1. The maximum Gasteiger partial charge on any atom is 0.146 e. The smallest absolute Gasteiger partial charge is 0.146 e. The fraction of sp³-hybridized carbons (Fsp3) is 0. The van der Waals surface area contributed by atoms with Crippen LogP contribution in [-0.2, 0) is 0 Å². The van der Waals surface area contributed by atoms with E-state index in [9.17, 15) is 0 Å². The SMILES string of the molecule is C=Cc1c(C=C)n2c3ccccc3nc2c2cc(-n3c4ccccc4c4ccccc43)ccc12. The predicted octanol–water partition coefficient (Wildman–Crippen LogP) is 8.02. The molecule has 0 fully saturated rings. The second-order valence-corrected chi connectivity index (χ2v) is 8.57. The van der Waals surface area contributed by atoms with Crippen molar-refractivity contribution in [3.05, 3.63) is 115 Å². The number of fused-ring (bicyclic) bond motifs is 8. The minimum Gasteiger partial charge on any atom is -0.309 e. The number of hydrogen-bond acceptors (Lipinski definition) is 1. The molecule has 0 aliphatic heterocycles. The summed E-state index contributed by atoms with van der Waals surface area (Å²) in [5.41, 5.74) is 8.54. The van der Waals surface area contributed by atoms with Crippen molar-refractivity contribution in [2.45, 2.75) is 0 Å². The fourth-order valence-electron chi connectivity index (χ4n) is 5.42. The van der Waals surface area contributed by atoms with E-state index >= 15 is 0 Å². The van der Waals surface area contributed by atoms with Crippen LogP contribution >= 0.6 is 0 Å². The van der Waals surface area contributed by atoms with E-state index in [1.165, 1.54) is 21.8 Å². The van der Waals surface area contributed by atoms with Gasteiger partial charge in [0.15, 0.2) is 0 Å². The summed E-state index contributed by atoms with van der Waals surface area (Å²) in [4.78, 5) is 5.05. The zero-order chi connectivity index (χ0) is 22.8.